The lowest BCUT2D eigenvalue weighted by Crippen LogP contribution is -2.40. The van der Waals surface area contributed by atoms with E-state index in [-0.39, 0.29) is 18.2 Å². The van der Waals surface area contributed by atoms with Crippen LogP contribution in [0.1, 0.15) is 23.1 Å². The lowest BCUT2D eigenvalue weighted by atomic mass is 10.1. The van der Waals surface area contributed by atoms with Crippen LogP contribution < -0.4 is 4.90 Å². The first kappa shape index (κ1) is 17.6. The van der Waals surface area contributed by atoms with Crippen LogP contribution >= 0.6 is 11.6 Å². The van der Waals surface area contributed by atoms with Crippen LogP contribution in [0, 0.1) is 13.8 Å². The van der Waals surface area contributed by atoms with Gasteiger partial charge in [-0.25, -0.2) is 4.90 Å². The van der Waals surface area contributed by atoms with Gasteiger partial charge >= 0.3 is 0 Å². The molecule has 0 saturated carbocycles. The number of imide groups is 1. The van der Waals surface area contributed by atoms with Gasteiger partial charge in [0, 0.05) is 11.6 Å². The van der Waals surface area contributed by atoms with Crippen LogP contribution in [0.2, 0.25) is 5.02 Å². The highest BCUT2D eigenvalue weighted by molar-refractivity contribution is 6.30. The van der Waals surface area contributed by atoms with Crippen molar-refractivity contribution >= 4 is 29.1 Å². The highest BCUT2D eigenvalue weighted by Crippen LogP contribution is 2.31. The maximum atomic E-state index is 13.0. The van der Waals surface area contributed by atoms with E-state index in [1.807, 2.05) is 68.3 Å². The van der Waals surface area contributed by atoms with Gasteiger partial charge in [-0.1, -0.05) is 41.9 Å². The molecule has 1 saturated heterocycles. The van der Waals surface area contributed by atoms with Gasteiger partial charge in [0.1, 0.15) is 0 Å². The summed E-state index contributed by atoms with van der Waals surface area (Å²) in [7, 11) is 1.87. The molecule has 2 aromatic rings. The van der Waals surface area contributed by atoms with E-state index in [2.05, 4.69) is 0 Å². The Morgan fingerprint density at radius 3 is 2.40 bits per heavy atom. The third-order valence-corrected chi connectivity index (χ3v) is 4.87. The number of halogens is 1. The fraction of sp³-hybridized carbons (Fsp3) is 0.300. The van der Waals surface area contributed by atoms with E-state index in [1.165, 1.54) is 4.90 Å². The van der Waals surface area contributed by atoms with Crippen molar-refractivity contribution in [1.29, 1.82) is 0 Å². The second-order valence-corrected chi connectivity index (χ2v) is 7.01. The van der Waals surface area contributed by atoms with Gasteiger partial charge < -0.3 is 0 Å². The monoisotopic (exact) mass is 356 g/mol. The van der Waals surface area contributed by atoms with Crippen LogP contribution in [0.5, 0.6) is 0 Å². The molecule has 2 amide bonds. The Morgan fingerprint density at radius 2 is 1.76 bits per heavy atom. The largest absolute Gasteiger partial charge is 0.290 e. The van der Waals surface area contributed by atoms with E-state index in [1.54, 1.807) is 0 Å². The predicted octanol–water partition coefficient (Wildman–Crippen LogP) is 3.72. The zero-order chi connectivity index (χ0) is 18.1. The smallest absolute Gasteiger partial charge is 0.251 e. The fourth-order valence-electron chi connectivity index (χ4n) is 3.39. The SMILES string of the molecule is Cc1cccc(C)c1N1C(=O)C[C@@H](N(C)Cc2cccc(Cl)c2)C1=O. The lowest BCUT2D eigenvalue weighted by Gasteiger charge is -2.24. The lowest BCUT2D eigenvalue weighted by molar-refractivity contribution is -0.122. The molecule has 130 valence electrons. The second-order valence-electron chi connectivity index (χ2n) is 6.57. The van der Waals surface area contributed by atoms with Gasteiger partial charge in [0.15, 0.2) is 0 Å². The number of likely N-dealkylation sites (N-methyl/N-ethyl adjacent to an activating group) is 1. The number of carbonyl (C=O) groups is 2. The van der Waals surface area contributed by atoms with Crippen molar-refractivity contribution in [2.75, 3.05) is 11.9 Å². The molecule has 1 aliphatic heterocycles. The summed E-state index contributed by atoms with van der Waals surface area (Å²) in [5.74, 6) is -0.308. The van der Waals surface area contributed by atoms with Crippen molar-refractivity contribution in [3.63, 3.8) is 0 Å². The quantitative estimate of drug-likeness (QED) is 0.784. The van der Waals surface area contributed by atoms with E-state index in [0.29, 0.717) is 11.6 Å². The highest BCUT2D eigenvalue weighted by Gasteiger charge is 2.42. The Labute approximate surface area is 153 Å². The average Bonchev–Trinajstić information content (AvgIpc) is 2.83. The minimum Gasteiger partial charge on any atom is -0.290 e. The minimum atomic E-state index is -0.453. The van der Waals surface area contributed by atoms with Crippen molar-refractivity contribution in [1.82, 2.24) is 4.90 Å². The van der Waals surface area contributed by atoms with Crippen LogP contribution in [-0.2, 0) is 16.1 Å². The van der Waals surface area contributed by atoms with E-state index >= 15 is 0 Å². The predicted molar refractivity (Wildman–Crippen MR) is 99.7 cm³/mol. The molecule has 1 atom stereocenters. The number of amides is 2. The summed E-state index contributed by atoms with van der Waals surface area (Å²) < 4.78 is 0. The zero-order valence-corrected chi connectivity index (χ0v) is 15.4. The molecule has 0 radical (unpaired) electrons. The molecule has 0 spiro atoms. The third kappa shape index (κ3) is 3.46. The Bertz CT molecular complexity index is 814. The van der Waals surface area contributed by atoms with Crippen molar-refractivity contribution in [3.05, 3.63) is 64.2 Å². The molecular formula is C20H21ClN2O2. The number of para-hydroxylation sites is 1. The summed E-state index contributed by atoms with van der Waals surface area (Å²) in [5.41, 5.74) is 3.59. The van der Waals surface area contributed by atoms with Gasteiger partial charge in [0.2, 0.25) is 5.91 Å². The molecule has 1 heterocycles. The summed E-state index contributed by atoms with van der Waals surface area (Å²) in [6.45, 7) is 4.41. The first-order valence-corrected chi connectivity index (χ1v) is 8.64. The Hall–Kier alpha value is -2.17. The number of carbonyl (C=O) groups excluding carboxylic acids is 2. The van der Waals surface area contributed by atoms with E-state index in [0.717, 1.165) is 22.4 Å². The number of rotatable bonds is 4. The first-order chi connectivity index (χ1) is 11.9. The Morgan fingerprint density at radius 1 is 1.12 bits per heavy atom. The number of benzene rings is 2. The molecule has 0 bridgehead atoms. The number of nitrogens with zero attached hydrogens (tertiary/aromatic N) is 2. The average molecular weight is 357 g/mol. The molecule has 5 heteroatoms. The molecule has 3 rings (SSSR count). The number of aryl methyl sites for hydroxylation is 2. The fourth-order valence-corrected chi connectivity index (χ4v) is 3.60. The standard InChI is InChI=1S/C20H21ClN2O2/c1-13-6-4-7-14(2)19(13)23-18(24)11-17(20(23)25)22(3)12-15-8-5-9-16(21)10-15/h4-10,17H,11-12H2,1-3H3/t17-/m1/s1. The van der Waals surface area contributed by atoms with Gasteiger partial charge in [-0.15, -0.1) is 0 Å². The van der Waals surface area contributed by atoms with Crippen molar-refractivity contribution < 1.29 is 9.59 Å². The summed E-state index contributed by atoms with van der Waals surface area (Å²) in [4.78, 5) is 28.8. The topological polar surface area (TPSA) is 40.6 Å². The van der Waals surface area contributed by atoms with E-state index < -0.39 is 6.04 Å². The molecule has 0 aromatic heterocycles. The van der Waals surface area contributed by atoms with Crippen LogP contribution in [-0.4, -0.2) is 29.8 Å². The van der Waals surface area contributed by atoms with Crippen LogP contribution in [0.25, 0.3) is 0 Å². The highest BCUT2D eigenvalue weighted by atomic mass is 35.5. The maximum absolute atomic E-state index is 13.0. The molecule has 4 nitrogen and oxygen atoms in total. The van der Waals surface area contributed by atoms with Gasteiger partial charge in [-0.2, -0.15) is 0 Å². The molecule has 25 heavy (non-hydrogen) atoms. The van der Waals surface area contributed by atoms with E-state index in [9.17, 15) is 9.59 Å². The first-order valence-electron chi connectivity index (χ1n) is 8.26. The number of anilines is 1. The maximum Gasteiger partial charge on any atom is 0.251 e. The number of hydrogen-bond donors (Lipinski definition) is 0. The Kier molecular flexibility index (Phi) is 4.93. The van der Waals surface area contributed by atoms with Gasteiger partial charge in [-0.05, 0) is 49.7 Å². The molecular weight excluding hydrogens is 336 g/mol. The van der Waals surface area contributed by atoms with Crippen LogP contribution in [0.15, 0.2) is 42.5 Å². The zero-order valence-electron chi connectivity index (χ0n) is 14.6. The number of hydrogen-bond acceptors (Lipinski definition) is 3. The molecule has 0 aliphatic carbocycles. The summed E-state index contributed by atoms with van der Waals surface area (Å²) in [6.07, 6.45) is 0.198. The normalized spacial score (nSPS) is 17.6. The summed E-state index contributed by atoms with van der Waals surface area (Å²) >= 11 is 6.03. The van der Waals surface area contributed by atoms with Crippen molar-refractivity contribution in [3.8, 4) is 0 Å². The molecule has 0 unspecified atom stereocenters. The second kappa shape index (κ2) is 6.98. The molecule has 0 N–H and O–H groups in total. The van der Waals surface area contributed by atoms with Crippen LogP contribution in [0.3, 0.4) is 0 Å². The van der Waals surface area contributed by atoms with Crippen molar-refractivity contribution in [2.24, 2.45) is 0 Å². The molecule has 2 aromatic carbocycles. The van der Waals surface area contributed by atoms with Gasteiger partial charge in [0.25, 0.3) is 5.91 Å². The molecule has 1 fully saturated rings. The summed E-state index contributed by atoms with van der Waals surface area (Å²) in [5, 5.41) is 0.664. The van der Waals surface area contributed by atoms with Gasteiger partial charge in [0.05, 0.1) is 18.2 Å². The summed E-state index contributed by atoms with van der Waals surface area (Å²) in [6, 6.07) is 12.9. The van der Waals surface area contributed by atoms with Gasteiger partial charge in [-0.3, -0.25) is 14.5 Å². The minimum absolute atomic E-state index is 0.148. The van der Waals surface area contributed by atoms with Crippen LogP contribution in [0.4, 0.5) is 5.69 Å². The third-order valence-electron chi connectivity index (χ3n) is 4.64. The van der Waals surface area contributed by atoms with Crippen molar-refractivity contribution in [2.45, 2.75) is 32.9 Å². The Balaban J connectivity index is 1.83. The van der Waals surface area contributed by atoms with E-state index in [4.69, 9.17) is 11.6 Å². The molecule has 1 aliphatic rings.